The molecule has 0 fully saturated rings. The predicted molar refractivity (Wildman–Crippen MR) is 43.7 cm³/mol. The quantitative estimate of drug-likeness (QED) is 0.682. The number of nitrogens with zero attached hydrogens (tertiary/aromatic N) is 1. The van der Waals surface area contributed by atoms with Crippen molar-refractivity contribution in [3.63, 3.8) is 0 Å². The van der Waals surface area contributed by atoms with Crippen LogP contribution in [0, 0.1) is 0 Å². The van der Waals surface area contributed by atoms with E-state index in [0.717, 1.165) is 5.56 Å². The molecule has 0 aromatic carbocycles. The van der Waals surface area contributed by atoms with Crippen LogP contribution in [-0.4, -0.2) is 12.1 Å². The smallest absolute Gasteiger partial charge is 0.214 e. The maximum Gasteiger partial charge on any atom is 0.214 e. The van der Waals surface area contributed by atoms with Gasteiger partial charge in [-0.2, -0.15) is 0 Å². The highest BCUT2D eigenvalue weighted by atomic mass is 35.5. The van der Waals surface area contributed by atoms with Crippen LogP contribution < -0.4 is 10.5 Å². The number of ether oxygens (including phenoxy) is 1. The molecule has 0 aliphatic rings. The lowest BCUT2D eigenvalue weighted by Gasteiger charge is -2.01. The number of rotatable bonds is 2. The van der Waals surface area contributed by atoms with E-state index in [1.807, 2.05) is 0 Å². The molecule has 0 bridgehead atoms. The van der Waals surface area contributed by atoms with Crippen molar-refractivity contribution in [3.8, 4) is 5.88 Å². The number of hydrogen-bond donors (Lipinski definition) is 1. The molecule has 3 nitrogen and oxygen atoms in total. The third kappa shape index (κ3) is 1.82. The van der Waals surface area contributed by atoms with Gasteiger partial charge in [0.25, 0.3) is 0 Å². The zero-order valence-corrected chi connectivity index (χ0v) is 6.93. The van der Waals surface area contributed by atoms with Gasteiger partial charge in [0.05, 0.1) is 7.11 Å². The topological polar surface area (TPSA) is 48.1 Å². The van der Waals surface area contributed by atoms with E-state index in [4.69, 9.17) is 22.1 Å². The molecular weight excluding hydrogens is 164 g/mol. The number of nitrogens with two attached hydrogens (primary N) is 1. The van der Waals surface area contributed by atoms with Gasteiger partial charge in [-0.05, 0) is 6.07 Å². The summed E-state index contributed by atoms with van der Waals surface area (Å²) in [6.07, 6.45) is 0. The molecule has 0 saturated carbocycles. The first-order valence-electron chi connectivity index (χ1n) is 3.17. The first-order chi connectivity index (χ1) is 5.27. The highest BCUT2D eigenvalue weighted by Gasteiger charge is 2.00. The molecule has 1 aromatic heterocycles. The molecule has 0 saturated heterocycles. The second kappa shape index (κ2) is 3.55. The molecule has 0 aliphatic carbocycles. The lowest BCUT2D eigenvalue weighted by atomic mass is 10.3. The summed E-state index contributed by atoms with van der Waals surface area (Å²) in [6.45, 7) is 0.399. The first-order valence-corrected chi connectivity index (χ1v) is 3.55. The number of pyridine rings is 1. The summed E-state index contributed by atoms with van der Waals surface area (Å²) >= 11 is 5.74. The largest absolute Gasteiger partial charge is 0.481 e. The van der Waals surface area contributed by atoms with E-state index in [9.17, 15) is 0 Å². The maximum absolute atomic E-state index is 5.74. The maximum atomic E-state index is 5.74. The molecule has 11 heavy (non-hydrogen) atoms. The standard InChI is InChI=1S/C7H9ClN2O/c1-11-6-3-2-5(4-9)7(8)10-6/h2-3H,4,9H2,1H3. The van der Waals surface area contributed by atoms with Crippen molar-refractivity contribution in [2.75, 3.05) is 7.11 Å². The lowest BCUT2D eigenvalue weighted by molar-refractivity contribution is 0.397. The molecule has 0 spiro atoms. The molecule has 0 amide bonds. The van der Waals surface area contributed by atoms with Crippen LogP contribution in [0.4, 0.5) is 0 Å². The van der Waals surface area contributed by atoms with Gasteiger partial charge in [0.15, 0.2) is 0 Å². The van der Waals surface area contributed by atoms with Crippen LogP contribution in [-0.2, 0) is 6.54 Å². The predicted octanol–water partition coefficient (Wildman–Crippen LogP) is 1.20. The minimum Gasteiger partial charge on any atom is -0.481 e. The van der Waals surface area contributed by atoms with Crippen LogP contribution in [0.3, 0.4) is 0 Å². The van der Waals surface area contributed by atoms with Gasteiger partial charge in [-0.25, -0.2) is 4.98 Å². The fraction of sp³-hybridized carbons (Fsp3) is 0.286. The number of hydrogen-bond acceptors (Lipinski definition) is 3. The lowest BCUT2D eigenvalue weighted by Crippen LogP contribution is -1.99. The number of methoxy groups -OCH3 is 1. The Balaban J connectivity index is 2.99. The summed E-state index contributed by atoms with van der Waals surface area (Å²) in [6, 6.07) is 3.53. The van der Waals surface area contributed by atoms with E-state index in [1.165, 1.54) is 0 Å². The molecule has 0 aliphatic heterocycles. The Labute approximate surface area is 70.1 Å². The second-order valence-corrected chi connectivity index (χ2v) is 2.37. The van der Waals surface area contributed by atoms with E-state index in [-0.39, 0.29) is 0 Å². The van der Waals surface area contributed by atoms with Gasteiger partial charge in [-0.3, -0.25) is 0 Å². The Morgan fingerprint density at radius 2 is 2.36 bits per heavy atom. The fourth-order valence-electron chi connectivity index (χ4n) is 0.712. The summed E-state index contributed by atoms with van der Waals surface area (Å²) in [5, 5.41) is 0.409. The van der Waals surface area contributed by atoms with Gasteiger partial charge in [0.1, 0.15) is 5.15 Å². The van der Waals surface area contributed by atoms with Crippen LogP contribution in [0.2, 0.25) is 5.15 Å². The van der Waals surface area contributed by atoms with Crippen molar-refractivity contribution in [1.29, 1.82) is 0 Å². The third-order valence-electron chi connectivity index (χ3n) is 1.33. The molecule has 0 unspecified atom stereocenters. The zero-order chi connectivity index (χ0) is 8.27. The summed E-state index contributed by atoms with van der Waals surface area (Å²) in [7, 11) is 1.54. The van der Waals surface area contributed by atoms with E-state index in [1.54, 1.807) is 19.2 Å². The molecule has 60 valence electrons. The van der Waals surface area contributed by atoms with Crippen molar-refractivity contribution in [2.45, 2.75) is 6.54 Å². The molecular formula is C7H9ClN2O. The van der Waals surface area contributed by atoms with Gasteiger partial charge < -0.3 is 10.5 Å². The van der Waals surface area contributed by atoms with E-state index in [0.29, 0.717) is 17.6 Å². The van der Waals surface area contributed by atoms with Crippen LogP contribution in [0.15, 0.2) is 12.1 Å². The molecule has 1 aromatic rings. The van der Waals surface area contributed by atoms with E-state index >= 15 is 0 Å². The van der Waals surface area contributed by atoms with Gasteiger partial charge in [0.2, 0.25) is 5.88 Å². The van der Waals surface area contributed by atoms with Crippen LogP contribution in [0.1, 0.15) is 5.56 Å². The summed E-state index contributed by atoms with van der Waals surface area (Å²) in [5.41, 5.74) is 6.20. The normalized spacial score (nSPS) is 9.73. The van der Waals surface area contributed by atoms with Gasteiger partial charge >= 0.3 is 0 Å². The van der Waals surface area contributed by atoms with Crippen LogP contribution >= 0.6 is 11.6 Å². The number of halogens is 1. The average Bonchev–Trinajstić information content (AvgIpc) is 2.04. The van der Waals surface area contributed by atoms with Crippen molar-refractivity contribution >= 4 is 11.6 Å². The first kappa shape index (κ1) is 8.30. The monoisotopic (exact) mass is 172 g/mol. The Morgan fingerprint density at radius 3 is 2.82 bits per heavy atom. The van der Waals surface area contributed by atoms with Crippen molar-refractivity contribution in [2.24, 2.45) is 5.73 Å². The Kier molecular flexibility index (Phi) is 2.68. The molecule has 1 rings (SSSR count). The summed E-state index contributed by atoms with van der Waals surface area (Å²) in [4.78, 5) is 3.93. The zero-order valence-electron chi connectivity index (χ0n) is 6.17. The minimum atomic E-state index is 0.399. The third-order valence-corrected chi connectivity index (χ3v) is 1.66. The van der Waals surface area contributed by atoms with Gasteiger partial charge in [0, 0.05) is 18.2 Å². The molecule has 4 heteroatoms. The Hall–Kier alpha value is -0.800. The highest BCUT2D eigenvalue weighted by Crippen LogP contribution is 2.16. The van der Waals surface area contributed by atoms with Crippen LogP contribution in [0.5, 0.6) is 5.88 Å². The minimum absolute atomic E-state index is 0.399. The van der Waals surface area contributed by atoms with Gasteiger partial charge in [-0.1, -0.05) is 11.6 Å². The Morgan fingerprint density at radius 1 is 1.64 bits per heavy atom. The van der Waals surface area contributed by atoms with Crippen molar-refractivity contribution in [3.05, 3.63) is 22.8 Å². The van der Waals surface area contributed by atoms with Crippen molar-refractivity contribution < 1.29 is 4.74 Å². The summed E-state index contributed by atoms with van der Waals surface area (Å²) in [5.74, 6) is 0.507. The molecule has 0 atom stereocenters. The van der Waals surface area contributed by atoms with E-state index < -0.39 is 0 Å². The average molecular weight is 173 g/mol. The fourth-order valence-corrected chi connectivity index (χ4v) is 0.936. The molecule has 2 N–H and O–H groups in total. The second-order valence-electron chi connectivity index (χ2n) is 2.01. The van der Waals surface area contributed by atoms with E-state index in [2.05, 4.69) is 4.98 Å². The highest BCUT2D eigenvalue weighted by molar-refractivity contribution is 6.30. The van der Waals surface area contributed by atoms with Crippen LogP contribution in [0.25, 0.3) is 0 Å². The van der Waals surface area contributed by atoms with Gasteiger partial charge in [-0.15, -0.1) is 0 Å². The Bertz CT molecular complexity index is 252. The summed E-state index contributed by atoms with van der Waals surface area (Å²) < 4.78 is 4.86. The SMILES string of the molecule is COc1ccc(CN)c(Cl)n1. The molecule has 0 radical (unpaired) electrons. The number of aromatic nitrogens is 1. The van der Waals surface area contributed by atoms with Crippen molar-refractivity contribution in [1.82, 2.24) is 4.98 Å². The molecule has 1 heterocycles.